The summed E-state index contributed by atoms with van der Waals surface area (Å²) in [5.74, 6) is 0. The van der Waals surface area contributed by atoms with Crippen LogP contribution in [0.25, 0.3) is 16.6 Å². The smallest absolute Gasteiger partial charge is 0.111 e. The van der Waals surface area contributed by atoms with E-state index in [9.17, 15) is 0 Å². The summed E-state index contributed by atoms with van der Waals surface area (Å²) in [7, 11) is 0. The van der Waals surface area contributed by atoms with Crippen molar-refractivity contribution in [2.45, 2.75) is 11.8 Å². The van der Waals surface area contributed by atoms with E-state index in [1.165, 1.54) is 5.56 Å². The Morgan fingerprint density at radius 1 is 1.12 bits per heavy atom. The van der Waals surface area contributed by atoms with Crippen LogP contribution in [-0.2, 0) is 11.8 Å². The normalized spacial score (nSPS) is 19.0. The van der Waals surface area contributed by atoms with Crippen LogP contribution in [0.4, 0.5) is 0 Å². The van der Waals surface area contributed by atoms with E-state index in [0.717, 1.165) is 33.9 Å². The van der Waals surface area contributed by atoms with Gasteiger partial charge in [-0.2, -0.15) is 5.10 Å². The summed E-state index contributed by atoms with van der Waals surface area (Å²) >= 11 is 3.24. The van der Waals surface area contributed by atoms with Crippen molar-refractivity contribution in [1.82, 2.24) is 20.2 Å². The SMILES string of the molecule is C1=CC(c2ccccc2)(c2cscn2)Cc2[nH]nc(-c3cncs3)c21. The van der Waals surface area contributed by atoms with Crippen molar-refractivity contribution in [2.24, 2.45) is 0 Å². The monoisotopic (exact) mass is 362 g/mol. The average molecular weight is 362 g/mol. The molecule has 1 aliphatic rings. The van der Waals surface area contributed by atoms with Crippen molar-refractivity contribution in [3.05, 3.63) is 81.5 Å². The maximum atomic E-state index is 4.64. The number of allylic oxidation sites excluding steroid dienone is 1. The van der Waals surface area contributed by atoms with Gasteiger partial charge in [-0.3, -0.25) is 10.1 Å². The molecule has 1 aliphatic carbocycles. The number of nitrogens with zero attached hydrogens (tertiary/aromatic N) is 3. The zero-order chi connectivity index (χ0) is 16.7. The first-order valence-electron chi connectivity index (χ1n) is 7.96. The Kier molecular flexibility index (Phi) is 3.39. The second-order valence-corrected chi connectivity index (χ2v) is 7.66. The number of rotatable bonds is 3. The van der Waals surface area contributed by atoms with E-state index in [4.69, 9.17) is 0 Å². The molecular weight excluding hydrogens is 348 g/mol. The molecule has 0 amide bonds. The lowest BCUT2D eigenvalue weighted by Crippen LogP contribution is -2.30. The van der Waals surface area contributed by atoms with Crippen molar-refractivity contribution in [3.63, 3.8) is 0 Å². The van der Waals surface area contributed by atoms with Gasteiger partial charge in [0.05, 0.1) is 27.0 Å². The first kappa shape index (κ1) is 14.7. The predicted molar refractivity (Wildman–Crippen MR) is 102 cm³/mol. The molecule has 3 aromatic heterocycles. The Labute approximate surface area is 152 Å². The quantitative estimate of drug-likeness (QED) is 0.582. The number of aromatic nitrogens is 4. The van der Waals surface area contributed by atoms with Crippen LogP contribution in [0, 0.1) is 0 Å². The number of thiazole rings is 2. The number of hydrogen-bond acceptors (Lipinski definition) is 5. The second kappa shape index (κ2) is 5.75. The van der Waals surface area contributed by atoms with Crippen LogP contribution < -0.4 is 0 Å². The minimum Gasteiger partial charge on any atom is -0.281 e. The highest BCUT2D eigenvalue weighted by molar-refractivity contribution is 7.13. The van der Waals surface area contributed by atoms with Gasteiger partial charge >= 0.3 is 0 Å². The van der Waals surface area contributed by atoms with Gasteiger partial charge in [0.25, 0.3) is 0 Å². The second-order valence-electron chi connectivity index (χ2n) is 6.05. The van der Waals surface area contributed by atoms with Crippen LogP contribution in [0.5, 0.6) is 0 Å². The number of fused-ring (bicyclic) bond motifs is 1. The average Bonchev–Trinajstić information content (AvgIpc) is 3.42. The summed E-state index contributed by atoms with van der Waals surface area (Å²) < 4.78 is 0. The number of nitrogens with one attached hydrogen (secondary N) is 1. The van der Waals surface area contributed by atoms with E-state index in [2.05, 4.69) is 62.0 Å². The van der Waals surface area contributed by atoms with E-state index >= 15 is 0 Å². The highest BCUT2D eigenvalue weighted by Gasteiger charge is 2.38. The van der Waals surface area contributed by atoms with Crippen LogP contribution in [0.1, 0.15) is 22.5 Å². The third-order valence-electron chi connectivity index (χ3n) is 4.72. The molecule has 1 unspecified atom stereocenters. The molecule has 0 saturated carbocycles. The third-order valence-corrected chi connectivity index (χ3v) is 6.08. The van der Waals surface area contributed by atoms with Gasteiger partial charge in [0.1, 0.15) is 5.69 Å². The fourth-order valence-electron chi connectivity index (χ4n) is 3.48. The molecule has 0 aliphatic heterocycles. The lowest BCUT2D eigenvalue weighted by atomic mass is 9.71. The molecule has 6 heteroatoms. The van der Waals surface area contributed by atoms with E-state index < -0.39 is 0 Å². The summed E-state index contributed by atoms with van der Waals surface area (Å²) in [4.78, 5) is 9.91. The molecule has 1 atom stereocenters. The molecule has 122 valence electrons. The highest BCUT2D eigenvalue weighted by atomic mass is 32.1. The number of aromatic amines is 1. The summed E-state index contributed by atoms with van der Waals surface area (Å²) in [5, 5.41) is 9.95. The zero-order valence-corrected chi connectivity index (χ0v) is 14.8. The molecule has 0 spiro atoms. The van der Waals surface area contributed by atoms with Crippen LogP contribution in [0.3, 0.4) is 0 Å². The Balaban J connectivity index is 1.66. The summed E-state index contributed by atoms with van der Waals surface area (Å²) in [6.45, 7) is 0. The number of H-pyrrole nitrogens is 1. The van der Waals surface area contributed by atoms with Gasteiger partial charge in [0.15, 0.2) is 0 Å². The van der Waals surface area contributed by atoms with Crippen LogP contribution in [-0.4, -0.2) is 20.2 Å². The lowest BCUT2D eigenvalue weighted by Gasteiger charge is -2.32. The molecule has 0 fully saturated rings. The van der Waals surface area contributed by atoms with E-state index in [-0.39, 0.29) is 5.41 Å². The van der Waals surface area contributed by atoms with E-state index in [1.54, 1.807) is 22.7 Å². The number of benzene rings is 1. The fourth-order valence-corrected chi connectivity index (χ4v) is 4.74. The summed E-state index contributed by atoms with van der Waals surface area (Å²) in [6.07, 6.45) is 7.15. The Bertz CT molecular complexity index is 1020. The molecule has 1 aromatic carbocycles. The molecule has 0 saturated heterocycles. The van der Waals surface area contributed by atoms with Crippen molar-refractivity contribution in [1.29, 1.82) is 0 Å². The maximum Gasteiger partial charge on any atom is 0.111 e. The molecule has 4 nitrogen and oxygen atoms in total. The van der Waals surface area contributed by atoms with Gasteiger partial charge < -0.3 is 0 Å². The predicted octanol–water partition coefficient (Wildman–Crippen LogP) is 4.55. The molecule has 25 heavy (non-hydrogen) atoms. The molecule has 4 aromatic rings. The molecule has 3 heterocycles. The van der Waals surface area contributed by atoms with Gasteiger partial charge in [0.2, 0.25) is 0 Å². The molecule has 0 radical (unpaired) electrons. The summed E-state index contributed by atoms with van der Waals surface area (Å²) in [6, 6.07) is 10.6. The van der Waals surface area contributed by atoms with Gasteiger partial charge in [-0.05, 0) is 5.56 Å². The topological polar surface area (TPSA) is 54.5 Å². The standard InChI is InChI=1S/C19H14N4S2/c1-2-4-13(5-3-1)19(17-10-24-12-21-17)7-6-14-15(8-19)22-23-18(14)16-9-20-11-25-16/h1-7,9-12H,8H2,(H,22,23). The molecule has 1 N–H and O–H groups in total. The lowest BCUT2D eigenvalue weighted by molar-refractivity contribution is 0.605. The third kappa shape index (κ3) is 2.29. The zero-order valence-electron chi connectivity index (χ0n) is 13.2. The maximum absolute atomic E-state index is 4.64. The van der Waals surface area contributed by atoms with Gasteiger partial charge in [-0.25, -0.2) is 4.98 Å². The molecule has 5 rings (SSSR count). The van der Waals surface area contributed by atoms with Crippen molar-refractivity contribution in [2.75, 3.05) is 0 Å². The van der Waals surface area contributed by atoms with Gasteiger partial charge in [-0.15, -0.1) is 22.7 Å². The molecule has 0 bridgehead atoms. The number of hydrogen-bond donors (Lipinski definition) is 1. The minimum atomic E-state index is -0.258. The summed E-state index contributed by atoms with van der Waals surface area (Å²) in [5.41, 5.74) is 9.09. The Morgan fingerprint density at radius 3 is 2.80 bits per heavy atom. The van der Waals surface area contributed by atoms with Gasteiger partial charge in [-0.1, -0.05) is 42.5 Å². The van der Waals surface area contributed by atoms with E-state index in [0.29, 0.717) is 0 Å². The van der Waals surface area contributed by atoms with Crippen LogP contribution in [0.2, 0.25) is 0 Å². The molecular formula is C19H14N4S2. The first-order valence-corrected chi connectivity index (χ1v) is 9.78. The minimum absolute atomic E-state index is 0.258. The Morgan fingerprint density at radius 2 is 2.04 bits per heavy atom. The largest absolute Gasteiger partial charge is 0.281 e. The van der Waals surface area contributed by atoms with E-state index in [1.807, 2.05) is 23.3 Å². The Hall–Kier alpha value is -2.57. The fraction of sp³-hybridized carbons (Fsp3) is 0.105. The van der Waals surface area contributed by atoms with Crippen molar-refractivity contribution in [3.8, 4) is 10.6 Å². The van der Waals surface area contributed by atoms with Gasteiger partial charge in [0, 0.05) is 29.3 Å². The highest BCUT2D eigenvalue weighted by Crippen LogP contribution is 2.42. The van der Waals surface area contributed by atoms with Crippen LogP contribution >= 0.6 is 22.7 Å². The van der Waals surface area contributed by atoms with Crippen molar-refractivity contribution >= 4 is 28.7 Å². The van der Waals surface area contributed by atoms with Crippen LogP contribution in [0.15, 0.2) is 59.0 Å². The van der Waals surface area contributed by atoms with Crippen molar-refractivity contribution < 1.29 is 0 Å². The first-order chi connectivity index (χ1) is 12.4.